The Hall–Kier alpha value is -1.88. The molecular weight excluding hydrogens is 290 g/mol. The van der Waals surface area contributed by atoms with Crippen molar-refractivity contribution < 1.29 is 9.26 Å². The molecule has 1 fully saturated rings. The molecule has 1 atom stereocenters. The van der Waals surface area contributed by atoms with Gasteiger partial charge in [0.15, 0.2) is 5.82 Å². The van der Waals surface area contributed by atoms with E-state index in [0.29, 0.717) is 12.5 Å². The van der Waals surface area contributed by atoms with Crippen molar-refractivity contribution in [1.29, 1.82) is 0 Å². The van der Waals surface area contributed by atoms with E-state index >= 15 is 0 Å². The van der Waals surface area contributed by atoms with Crippen molar-refractivity contribution in [1.82, 2.24) is 15.0 Å². The first kappa shape index (κ1) is 14.7. The summed E-state index contributed by atoms with van der Waals surface area (Å²) in [5.41, 5.74) is 2.76. The van der Waals surface area contributed by atoms with Crippen LogP contribution < -0.4 is 4.74 Å². The number of aromatic nitrogens is 2. The fourth-order valence-corrected chi connectivity index (χ4v) is 3.22. The topological polar surface area (TPSA) is 51.4 Å². The van der Waals surface area contributed by atoms with Gasteiger partial charge in [0.25, 0.3) is 0 Å². The van der Waals surface area contributed by atoms with Crippen molar-refractivity contribution in [2.24, 2.45) is 0 Å². The molecule has 1 saturated carbocycles. The highest BCUT2D eigenvalue weighted by Gasteiger charge is 2.31. The SMILES string of the molecule is CCOc1ccc2c(c1)CN(C(C)c1nc(C3CC3)no1)CC2. The van der Waals surface area contributed by atoms with Gasteiger partial charge in [0.2, 0.25) is 5.89 Å². The molecule has 23 heavy (non-hydrogen) atoms. The third kappa shape index (κ3) is 2.98. The van der Waals surface area contributed by atoms with Crippen molar-refractivity contribution in [3.8, 4) is 5.75 Å². The number of nitrogens with zero attached hydrogens (tertiary/aromatic N) is 3. The molecule has 1 aliphatic carbocycles. The third-order valence-corrected chi connectivity index (χ3v) is 4.84. The highest BCUT2D eigenvalue weighted by molar-refractivity contribution is 5.37. The van der Waals surface area contributed by atoms with E-state index in [4.69, 9.17) is 9.26 Å². The Balaban J connectivity index is 1.50. The highest BCUT2D eigenvalue weighted by Crippen LogP contribution is 2.39. The minimum absolute atomic E-state index is 0.152. The molecule has 2 aliphatic rings. The molecule has 1 aliphatic heterocycles. The molecule has 1 aromatic carbocycles. The van der Waals surface area contributed by atoms with Crippen molar-refractivity contribution >= 4 is 0 Å². The van der Waals surface area contributed by atoms with E-state index in [0.717, 1.165) is 37.0 Å². The molecule has 0 N–H and O–H groups in total. The summed E-state index contributed by atoms with van der Waals surface area (Å²) >= 11 is 0. The van der Waals surface area contributed by atoms with Crippen LogP contribution in [0.4, 0.5) is 0 Å². The van der Waals surface area contributed by atoms with Crippen LogP contribution >= 0.6 is 0 Å². The maximum absolute atomic E-state index is 5.63. The average Bonchev–Trinajstić information content (AvgIpc) is 3.31. The van der Waals surface area contributed by atoms with Crippen LogP contribution in [-0.4, -0.2) is 28.2 Å². The molecule has 0 saturated heterocycles. The summed E-state index contributed by atoms with van der Waals surface area (Å²) in [6.07, 6.45) is 3.45. The zero-order valence-electron chi connectivity index (χ0n) is 13.8. The van der Waals surface area contributed by atoms with E-state index in [-0.39, 0.29) is 6.04 Å². The summed E-state index contributed by atoms with van der Waals surface area (Å²) in [6.45, 7) is 6.79. The summed E-state index contributed by atoms with van der Waals surface area (Å²) in [5.74, 6) is 3.13. The van der Waals surface area contributed by atoms with E-state index in [1.54, 1.807) is 0 Å². The largest absolute Gasteiger partial charge is 0.494 e. The molecule has 5 heteroatoms. The molecule has 0 spiro atoms. The maximum atomic E-state index is 5.63. The van der Waals surface area contributed by atoms with Crippen LogP contribution in [0, 0.1) is 0 Å². The van der Waals surface area contributed by atoms with Gasteiger partial charge in [0.05, 0.1) is 12.6 Å². The molecule has 1 unspecified atom stereocenters. The second-order valence-corrected chi connectivity index (χ2v) is 6.53. The van der Waals surface area contributed by atoms with Crippen LogP contribution in [0.2, 0.25) is 0 Å². The lowest BCUT2D eigenvalue weighted by Gasteiger charge is -2.32. The van der Waals surface area contributed by atoms with Crippen molar-refractivity contribution in [2.75, 3.05) is 13.2 Å². The second kappa shape index (κ2) is 5.96. The first-order valence-corrected chi connectivity index (χ1v) is 8.56. The molecule has 1 aromatic heterocycles. The molecule has 0 radical (unpaired) electrons. The van der Waals surface area contributed by atoms with Gasteiger partial charge in [-0.2, -0.15) is 4.98 Å². The van der Waals surface area contributed by atoms with Crippen LogP contribution in [-0.2, 0) is 13.0 Å². The number of ether oxygens (including phenoxy) is 1. The molecule has 5 nitrogen and oxygen atoms in total. The minimum Gasteiger partial charge on any atom is -0.494 e. The van der Waals surface area contributed by atoms with Gasteiger partial charge in [-0.3, -0.25) is 4.90 Å². The predicted octanol–water partition coefficient (Wildman–Crippen LogP) is 3.47. The van der Waals surface area contributed by atoms with Gasteiger partial charge in [-0.05, 0) is 56.4 Å². The minimum atomic E-state index is 0.152. The quantitative estimate of drug-likeness (QED) is 0.846. The summed E-state index contributed by atoms with van der Waals surface area (Å²) in [6, 6.07) is 6.59. The molecule has 4 rings (SSSR count). The fourth-order valence-electron chi connectivity index (χ4n) is 3.22. The second-order valence-electron chi connectivity index (χ2n) is 6.53. The molecule has 122 valence electrons. The van der Waals surface area contributed by atoms with E-state index in [1.165, 1.54) is 24.0 Å². The number of benzene rings is 1. The Labute approximate surface area is 136 Å². The lowest BCUT2D eigenvalue weighted by Crippen LogP contribution is -2.33. The number of hydrogen-bond acceptors (Lipinski definition) is 5. The summed E-state index contributed by atoms with van der Waals surface area (Å²) in [4.78, 5) is 7.01. The smallest absolute Gasteiger partial charge is 0.243 e. The predicted molar refractivity (Wildman–Crippen MR) is 86.4 cm³/mol. The van der Waals surface area contributed by atoms with Crippen molar-refractivity contribution in [3.63, 3.8) is 0 Å². The van der Waals surface area contributed by atoms with Gasteiger partial charge in [0.1, 0.15) is 5.75 Å². The Morgan fingerprint density at radius 3 is 3.00 bits per heavy atom. The Morgan fingerprint density at radius 2 is 2.22 bits per heavy atom. The number of hydrogen-bond donors (Lipinski definition) is 0. The molecule has 0 bridgehead atoms. The van der Waals surface area contributed by atoms with Crippen LogP contribution in [0.1, 0.15) is 61.5 Å². The van der Waals surface area contributed by atoms with E-state index in [2.05, 4.69) is 40.2 Å². The zero-order valence-corrected chi connectivity index (χ0v) is 13.8. The van der Waals surface area contributed by atoms with Gasteiger partial charge in [-0.1, -0.05) is 11.2 Å². The lowest BCUT2D eigenvalue weighted by atomic mass is 9.98. The number of fused-ring (bicyclic) bond motifs is 1. The summed E-state index contributed by atoms with van der Waals surface area (Å²) in [5, 5.41) is 4.14. The van der Waals surface area contributed by atoms with Crippen LogP contribution in [0.3, 0.4) is 0 Å². The Bertz CT molecular complexity index is 693. The molecular formula is C18H23N3O2. The van der Waals surface area contributed by atoms with Gasteiger partial charge in [0, 0.05) is 19.0 Å². The van der Waals surface area contributed by atoms with Gasteiger partial charge in [-0.25, -0.2) is 0 Å². The lowest BCUT2D eigenvalue weighted by molar-refractivity contribution is 0.157. The van der Waals surface area contributed by atoms with Crippen molar-refractivity contribution in [2.45, 2.75) is 51.6 Å². The first-order valence-electron chi connectivity index (χ1n) is 8.56. The molecule has 2 aromatic rings. The zero-order chi connectivity index (χ0) is 15.8. The van der Waals surface area contributed by atoms with Gasteiger partial charge >= 0.3 is 0 Å². The van der Waals surface area contributed by atoms with E-state index in [9.17, 15) is 0 Å². The molecule has 0 amide bonds. The summed E-state index contributed by atoms with van der Waals surface area (Å²) in [7, 11) is 0. The highest BCUT2D eigenvalue weighted by atomic mass is 16.5. The van der Waals surface area contributed by atoms with Crippen molar-refractivity contribution in [3.05, 3.63) is 41.0 Å². The standard InChI is InChI=1S/C18H23N3O2/c1-3-22-16-7-6-13-8-9-21(11-15(13)10-16)12(2)18-19-17(20-23-18)14-4-5-14/h6-7,10,12,14H,3-5,8-9,11H2,1-2H3. The van der Waals surface area contributed by atoms with Crippen LogP contribution in [0.25, 0.3) is 0 Å². The monoisotopic (exact) mass is 313 g/mol. The van der Waals surface area contributed by atoms with Gasteiger partial charge in [-0.15, -0.1) is 0 Å². The molecule has 2 heterocycles. The Morgan fingerprint density at radius 1 is 1.35 bits per heavy atom. The van der Waals surface area contributed by atoms with E-state index < -0.39 is 0 Å². The first-order chi connectivity index (χ1) is 11.2. The van der Waals surface area contributed by atoms with Crippen LogP contribution in [0.5, 0.6) is 5.75 Å². The summed E-state index contributed by atoms with van der Waals surface area (Å²) < 4.78 is 11.1. The Kier molecular flexibility index (Phi) is 3.81. The maximum Gasteiger partial charge on any atom is 0.243 e. The normalized spacial score (nSPS) is 19.4. The number of rotatable bonds is 5. The van der Waals surface area contributed by atoms with Crippen LogP contribution in [0.15, 0.2) is 22.7 Å². The third-order valence-electron chi connectivity index (χ3n) is 4.84. The average molecular weight is 313 g/mol. The van der Waals surface area contributed by atoms with Gasteiger partial charge < -0.3 is 9.26 Å². The van der Waals surface area contributed by atoms with E-state index in [1.807, 2.05) is 6.92 Å². The fraction of sp³-hybridized carbons (Fsp3) is 0.556.